The van der Waals surface area contributed by atoms with Gasteiger partial charge in [0.05, 0.1) is 24.8 Å². The SMILES string of the molecule is CCCC/C(C)=N\NC(=O)CN(c1ccc(OC)cc1OC)S(=O)(=O)c1ccccc1[N+](=O)[O-]. The summed E-state index contributed by atoms with van der Waals surface area (Å²) in [6.45, 7) is 3.09. The molecule has 11 nitrogen and oxygen atoms in total. The third-order valence-electron chi connectivity index (χ3n) is 4.84. The zero-order chi connectivity index (χ0) is 25.3. The molecule has 2 aromatic carbocycles. The summed E-state index contributed by atoms with van der Waals surface area (Å²) in [6.07, 6.45) is 2.54. The molecule has 0 aliphatic rings. The first kappa shape index (κ1) is 26.6. The average Bonchev–Trinajstić information content (AvgIpc) is 2.84. The zero-order valence-corrected chi connectivity index (χ0v) is 20.3. The van der Waals surface area contributed by atoms with Crippen LogP contribution in [0.4, 0.5) is 11.4 Å². The number of para-hydroxylation sites is 1. The van der Waals surface area contributed by atoms with Gasteiger partial charge in [-0.2, -0.15) is 5.10 Å². The Morgan fingerprint density at radius 1 is 1.18 bits per heavy atom. The van der Waals surface area contributed by atoms with Crippen molar-refractivity contribution in [3.05, 3.63) is 52.6 Å². The lowest BCUT2D eigenvalue weighted by Crippen LogP contribution is -2.40. The first-order valence-electron chi connectivity index (χ1n) is 10.5. The monoisotopic (exact) mass is 492 g/mol. The van der Waals surface area contributed by atoms with Gasteiger partial charge in [-0.1, -0.05) is 25.5 Å². The molecule has 0 atom stereocenters. The van der Waals surface area contributed by atoms with Crippen molar-refractivity contribution in [3.8, 4) is 11.5 Å². The Morgan fingerprint density at radius 3 is 2.50 bits per heavy atom. The molecule has 2 rings (SSSR count). The Bertz CT molecular complexity index is 1170. The van der Waals surface area contributed by atoms with Gasteiger partial charge in [0, 0.05) is 17.8 Å². The first-order chi connectivity index (χ1) is 16.1. The van der Waals surface area contributed by atoms with Crippen molar-refractivity contribution in [1.82, 2.24) is 5.43 Å². The number of carbonyl (C=O) groups is 1. The summed E-state index contributed by atoms with van der Waals surface area (Å²) in [5.41, 5.74) is 2.43. The molecule has 0 radical (unpaired) electrons. The van der Waals surface area contributed by atoms with Crippen LogP contribution in [0.5, 0.6) is 11.5 Å². The van der Waals surface area contributed by atoms with E-state index < -0.39 is 38.0 Å². The van der Waals surface area contributed by atoms with Crippen molar-refractivity contribution < 1.29 is 27.6 Å². The van der Waals surface area contributed by atoms with Gasteiger partial charge < -0.3 is 9.47 Å². The largest absolute Gasteiger partial charge is 0.497 e. The number of unbranched alkanes of at least 4 members (excludes halogenated alkanes) is 1. The van der Waals surface area contributed by atoms with Crippen molar-refractivity contribution in [3.63, 3.8) is 0 Å². The molecule has 0 aromatic heterocycles. The molecule has 0 bridgehead atoms. The molecule has 0 saturated carbocycles. The summed E-state index contributed by atoms with van der Waals surface area (Å²) in [6, 6.07) is 9.25. The number of amides is 1. The Morgan fingerprint density at radius 2 is 1.88 bits per heavy atom. The highest BCUT2D eigenvalue weighted by Gasteiger charge is 2.34. The Hall–Kier alpha value is -3.67. The van der Waals surface area contributed by atoms with E-state index in [1.54, 1.807) is 6.92 Å². The number of sulfonamides is 1. The molecule has 1 amide bonds. The van der Waals surface area contributed by atoms with Gasteiger partial charge in [-0.15, -0.1) is 0 Å². The molecule has 2 aromatic rings. The summed E-state index contributed by atoms with van der Waals surface area (Å²) in [5, 5.41) is 15.5. The smallest absolute Gasteiger partial charge is 0.289 e. The number of rotatable bonds is 12. The normalized spacial score (nSPS) is 11.6. The molecule has 0 unspecified atom stereocenters. The fourth-order valence-electron chi connectivity index (χ4n) is 3.05. The first-order valence-corrected chi connectivity index (χ1v) is 11.9. The highest BCUT2D eigenvalue weighted by Crippen LogP contribution is 2.37. The highest BCUT2D eigenvalue weighted by molar-refractivity contribution is 7.93. The number of benzene rings is 2. The van der Waals surface area contributed by atoms with Crippen molar-refractivity contribution in [2.75, 3.05) is 25.1 Å². The van der Waals surface area contributed by atoms with Crippen LogP contribution in [-0.4, -0.2) is 45.7 Å². The zero-order valence-electron chi connectivity index (χ0n) is 19.5. The quantitative estimate of drug-likeness (QED) is 0.272. The maximum absolute atomic E-state index is 13.6. The van der Waals surface area contributed by atoms with Gasteiger partial charge in [-0.05, 0) is 38.0 Å². The van der Waals surface area contributed by atoms with Crippen molar-refractivity contribution in [2.45, 2.75) is 38.0 Å². The average molecular weight is 493 g/mol. The van der Waals surface area contributed by atoms with E-state index in [9.17, 15) is 23.3 Å². The lowest BCUT2D eigenvalue weighted by molar-refractivity contribution is -0.387. The molecule has 12 heteroatoms. The number of nitro benzene ring substituents is 1. The third-order valence-corrected chi connectivity index (χ3v) is 6.64. The summed E-state index contributed by atoms with van der Waals surface area (Å²) < 4.78 is 38.5. The standard InChI is InChI=1S/C22H28N4O7S/c1-5-6-9-16(2)23-24-22(27)15-25(18-13-12-17(32-3)14-20(18)33-4)34(30,31)21-11-8-7-10-19(21)26(28)29/h7-8,10-14H,5-6,9,15H2,1-4H3,(H,24,27)/b23-16-. The van der Waals surface area contributed by atoms with Crippen LogP contribution in [0.15, 0.2) is 52.5 Å². The lowest BCUT2D eigenvalue weighted by atomic mass is 10.2. The van der Waals surface area contributed by atoms with Crippen LogP contribution >= 0.6 is 0 Å². The van der Waals surface area contributed by atoms with Gasteiger partial charge >= 0.3 is 0 Å². The topological polar surface area (TPSA) is 140 Å². The second-order valence-electron chi connectivity index (χ2n) is 7.26. The van der Waals surface area contributed by atoms with Gasteiger partial charge in [0.15, 0.2) is 4.90 Å². The molecular formula is C22H28N4O7S. The predicted octanol–water partition coefficient (Wildman–Crippen LogP) is 3.49. The van der Waals surface area contributed by atoms with Crippen LogP contribution < -0.4 is 19.2 Å². The number of nitro groups is 1. The van der Waals surface area contributed by atoms with Crippen LogP contribution in [0.1, 0.15) is 33.1 Å². The number of carbonyl (C=O) groups excluding carboxylic acids is 1. The minimum Gasteiger partial charge on any atom is -0.497 e. The number of nitrogens with zero attached hydrogens (tertiary/aromatic N) is 3. The van der Waals surface area contributed by atoms with Gasteiger partial charge in [0.1, 0.15) is 18.0 Å². The second kappa shape index (κ2) is 12.0. The molecular weight excluding hydrogens is 464 g/mol. The van der Waals surface area contributed by atoms with Gasteiger partial charge in [0.2, 0.25) is 0 Å². The fourth-order valence-corrected chi connectivity index (χ4v) is 4.64. The van der Waals surface area contributed by atoms with E-state index in [0.717, 1.165) is 29.3 Å². The predicted molar refractivity (Wildman–Crippen MR) is 128 cm³/mol. The van der Waals surface area contributed by atoms with E-state index in [1.165, 1.54) is 44.6 Å². The van der Waals surface area contributed by atoms with Gasteiger partial charge in [-0.3, -0.25) is 19.2 Å². The van der Waals surface area contributed by atoms with Crippen LogP contribution in [0.3, 0.4) is 0 Å². The minimum absolute atomic E-state index is 0.00304. The number of anilines is 1. The number of hydrazone groups is 1. The van der Waals surface area contributed by atoms with Crippen LogP contribution in [0.2, 0.25) is 0 Å². The molecule has 0 spiro atoms. The Kier molecular flexibility index (Phi) is 9.36. The second-order valence-corrected chi connectivity index (χ2v) is 9.09. The Balaban J connectivity index is 2.55. The maximum Gasteiger partial charge on any atom is 0.289 e. The number of nitrogens with one attached hydrogen (secondary N) is 1. The number of ether oxygens (including phenoxy) is 2. The van der Waals surface area contributed by atoms with E-state index in [0.29, 0.717) is 17.9 Å². The van der Waals surface area contributed by atoms with Crippen LogP contribution in [0, 0.1) is 10.1 Å². The summed E-state index contributed by atoms with van der Waals surface area (Å²) in [5.74, 6) is -0.239. The van der Waals surface area contributed by atoms with Crippen molar-refractivity contribution in [1.29, 1.82) is 0 Å². The molecule has 184 valence electrons. The number of hydrogen-bond donors (Lipinski definition) is 1. The number of methoxy groups -OCH3 is 2. The van der Waals surface area contributed by atoms with E-state index in [4.69, 9.17) is 9.47 Å². The third kappa shape index (κ3) is 6.44. The van der Waals surface area contributed by atoms with E-state index in [-0.39, 0.29) is 11.4 Å². The van der Waals surface area contributed by atoms with Crippen LogP contribution in [0.25, 0.3) is 0 Å². The Labute approximate surface area is 198 Å². The molecule has 0 heterocycles. The van der Waals surface area contributed by atoms with E-state index in [2.05, 4.69) is 10.5 Å². The molecule has 1 N–H and O–H groups in total. The molecule has 0 aliphatic heterocycles. The van der Waals surface area contributed by atoms with Crippen molar-refractivity contribution in [2.24, 2.45) is 5.10 Å². The summed E-state index contributed by atoms with van der Waals surface area (Å²) >= 11 is 0. The molecule has 0 aliphatic carbocycles. The maximum atomic E-state index is 13.6. The molecule has 0 saturated heterocycles. The van der Waals surface area contributed by atoms with E-state index >= 15 is 0 Å². The number of hydrogen-bond acceptors (Lipinski definition) is 8. The minimum atomic E-state index is -4.57. The summed E-state index contributed by atoms with van der Waals surface area (Å²) in [4.78, 5) is 22.8. The van der Waals surface area contributed by atoms with Crippen LogP contribution in [-0.2, 0) is 14.8 Å². The van der Waals surface area contributed by atoms with Crippen molar-refractivity contribution >= 4 is 33.0 Å². The molecule has 34 heavy (non-hydrogen) atoms. The van der Waals surface area contributed by atoms with Gasteiger partial charge in [-0.25, -0.2) is 13.8 Å². The van der Waals surface area contributed by atoms with E-state index in [1.807, 2.05) is 6.92 Å². The summed E-state index contributed by atoms with van der Waals surface area (Å²) in [7, 11) is -1.81. The lowest BCUT2D eigenvalue weighted by Gasteiger charge is -2.25. The molecule has 0 fully saturated rings. The fraction of sp³-hybridized carbons (Fsp3) is 0.364. The highest BCUT2D eigenvalue weighted by atomic mass is 32.2. The van der Waals surface area contributed by atoms with Gasteiger partial charge in [0.25, 0.3) is 21.6 Å².